The van der Waals surface area contributed by atoms with Crippen LogP contribution in [-0.4, -0.2) is 24.4 Å². The Bertz CT molecular complexity index is 320. The van der Waals surface area contributed by atoms with Crippen LogP contribution in [0, 0.1) is 6.92 Å². The number of furan rings is 1. The van der Waals surface area contributed by atoms with Crippen molar-refractivity contribution in [3.05, 3.63) is 23.7 Å². The topological polar surface area (TPSA) is 51.8 Å². The zero-order chi connectivity index (χ0) is 10.2. The molecule has 1 N–H and O–H groups in total. The monoisotopic (exact) mass is 198 g/mol. The first-order chi connectivity index (χ1) is 6.64. The molecule has 2 atom stereocenters. The molecule has 0 amide bonds. The molecule has 1 aromatic heterocycles. The van der Waals surface area contributed by atoms with E-state index in [-0.39, 0.29) is 12.7 Å². The Kier molecular flexibility index (Phi) is 2.34. The van der Waals surface area contributed by atoms with Crippen molar-refractivity contribution in [1.29, 1.82) is 0 Å². The number of ether oxygens (including phenoxy) is 2. The largest absolute Gasteiger partial charge is 0.461 e. The van der Waals surface area contributed by atoms with Gasteiger partial charge in [0.05, 0.1) is 13.2 Å². The highest BCUT2D eigenvalue weighted by molar-refractivity contribution is 5.11. The van der Waals surface area contributed by atoms with Crippen molar-refractivity contribution in [2.75, 3.05) is 13.2 Å². The van der Waals surface area contributed by atoms with Gasteiger partial charge in [-0.05, 0) is 26.0 Å². The van der Waals surface area contributed by atoms with E-state index in [2.05, 4.69) is 0 Å². The zero-order valence-corrected chi connectivity index (χ0v) is 8.32. The first-order valence-corrected chi connectivity index (χ1v) is 4.63. The third-order valence-corrected chi connectivity index (χ3v) is 2.33. The molecule has 78 valence electrons. The first-order valence-electron chi connectivity index (χ1n) is 4.63. The van der Waals surface area contributed by atoms with E-state index in [1.165, 1.54) is 0 Å². The van der Waals surface area contributed by atoms with Crippen molar-refractivity contribution in [3.63, 3.8) is 0 Å². The van der Waals surface area contributed by atoms with Gasteiger partial charge in [0.1, 0.15) is 11.9 Å². The Hall–Kier alpha value is -0.840. The van der Waals surface area contributed by atoms with Gasteiger partial charge in [0.15, 0.2) is 5.76 Å². The Labute approximate surface area is 82.4 Å². The number of hydrogen-bond acceptors (Lipinski definition) is 4. The summed E-state index contributed by atoms with van der Waals surface area (Å²) in [6.45, 7) is 4.02. The molecule has 0 bridgehead atoms. The van der Waals surface area contributed by atoms with Crippen molar-refractivity contribution in [1.82, 2.24) is 0 Å². The molecule has 4 heteroatoms. The lowest BCUT2D eigenvalue weighted by Gasteiger charge is -2.20. The Morgan fingerprint density at radius 3 is 2.86 bits per heavy atom. The zero-order valence-electron chi connectivity index (χ0n) is 8.32. The van der Waals surface area contributed by atoms with E-state index in [1.54, 1.807) is 6.92 Å². The standard InChI is InChI=1S/C10H14O4/c1-7-3-4-9(13-7)10(2)12-6-8(5-11)14-10/h3-4,8,11H,5-6H2,1-2H3. The maximum absolute atomic E-state index is 8.91. The van der Waals surface area contributed by atoms with Crippen LogP contribution in [0.4, 0.5) is 0 Å². The van der Waals surface area contributed by atoms with Crippen LogP contribution in [0.5, 0.6) is 0 Å². The van der Waals surface area contributed by atoms with Gasteiger partial charge in [0, 0.05) is 0 Å². The average Bonchev–Trinajstić information content (AvgIpc) is 2.73. The number of rotatable bonds is 2. The highest BCUT2D eigenvalue weighted by atomic mass is 16.8. The second-order valence-electron chi connectivity index (χ2n) is 3.59. The van der Waals surface area contributed by atoms with Crippen LogP contribution in [0.1, 0.15) is 18.4 Å². The summed E-state index contributed by atoms with van der Waals surface area (Å²) in [5, 5.41) is 8.91. The average molecular weight is 198 g/mol. The van der Waals surface area contributed by atoms with Gasteiger partial charge in [0.2, 0.25) is 5.79 Å². The van der Waals surface area contributed by atoms with Gasteiger partial charge in [-0.3, -0.25) is 0 Å². The smallest absolute Gasteiger partial charge is 0.225 e. The van der Waals surface area contributed by atoms with Gasteiger partial charge in [-0.15, -0.1) is 0 Å². The molecule has 0 radical (unpaired) electrons. The number of aryl methyl sites for hydroxylation is 1. The molecule has 1 aromatic rings. The van der Waals surface area contributed by atoms with E-state index >= 15 is 0 Å². The molecule has 1 aliphatic rings. The molecule has 0 aromatic carbocycles. The Balaban J connectivity index is 2.18. The molecular formula is C10H14O4. The first kappa shape index (κ1) is 9.71. The van der Waals surface area contributed by atoms with Gasteiger partial charge in [-0.2, -0.15) is 0 Å². The normalized spacial score (nSPS) is 32.4. The number of aliphatic hydroxyl groups is 1. The molecular weight excluding hydrogens is 184 g/mol. The predicted octanol–water partition coefficient (Wildman–Crippen LogP) is 1.17. The fraction of sp³-hybridized carbons (Fsp3) is 0.600. The molecule has 1 saturated heterocycles. The lowest BCUT2D eigenvalue weighted by molar-refractivity contribution is -0.177. The van der Waals surface area contributed by atoms with E-state index in [0.29, 0.717) is 12.4 Å². The lowest BCUT2D eigenvalue weighted by atomic mass is 10.2. The Morgan fingerprint density at radius 1 is 1.57 bits per heavy atom. The summed E-state index contributed by atoms with van der Waals surface area (Å²) in [4.78, 5) is 0. The van der Waals surface area contributed by atoms with E-state index in [9.17, 15) is 0 Å². The van der Waals surface area contributed by atoms with Crippen LogP contribution >= 0.6 is 0 Å². The van der Waals surface area contributed by atoms with Crippen LogP contribution in [0.25, 0.3) is 0 Å². The Morgan fingerprint density at radius 2 is 2.36 bits per heavy atom. The SMILES string of the molecule is Cc1ccc(C2(C)OCC(CO)O2)o1. The van der Waals surface area contributed by atoms with E-state index < -0.39 is 5.79 Å². The molecule has 0 aliphatic carbocycles. The van der Waals surface area contributed by atoms with E-state index in [0.717, 1.165) is 5.76 Å². The quantitative estimate of drug-likeness (QED) is 0.775. The molecule has 14 heavy (non-hydrogen) atoms. The highest BCUT2D eigenvalue weighted by Crippen LogP contribution is 2.34. The van der Waals surface area contributed by atoms with Gasteiger partial charge < -0.3 is 19.0 Å². The number of aliphatic hydroxyl groups excluding tert-OH is 1. The minimum absolute atomic E-state index is 0.0325. The molecule has 0 saturated carbocycles. The third-order valence-electron chi connectivity index (χ3n) is 2.33. The summed E-state index contributed by atoms with van der Waals surface area (Å²) in [5.74, 6) is 0.619. The maximum atomic E-state index is 8.91. The summed E-state index contributed by atoms with van der Waals surface area (Å²) in [5.41, 5.74) is 0. The lowest BCUT2D eigenvalue weighted by Crippen LogP contribution is -2.24. The summed E-state index contributed by atoms with van der Waals surface area (Å²) in [7, 11) is 0. The predicted molar refractivity (Wildman–Crippen MR) is 48.7 cm³/mol. The summed E-state index contributed by atoms with van der Waals surface area (Å²) in [6, 6.07) is 3.69. The van der Waals surface area contributed by atoms with Crippen LogP contribution in [0.15, 0.2) is 16.5 Å². The van der Waals surface area contributed by atoms with Crippen molar-refractivity contribution >= 4 is 0 Å². The van der Waals surface area contributed by atoms with Crippen LogP contribution in [-0.2, 0) is 15.3 Å². The summed E-state index contributed by atoms with van der Waals surface area (Å²) in [6.07, 6.45) is -0.259. The van der Waals surface area contributed by atoms with Gasteiger partial charge in [-0.25, -0.2) is 0 Å². The second-order valence-corrected chi connectivity index (χ2v) is 3.59. The molecule has 2 unspecified atom stereocenters. The fourth-order valence-electron chi connectivity index (χ4n) is 1.54. The van der Waals surface area contributed by atoms with Crippen LogP contribution in [0.2, 0.25) is 0 Å². The van der Waals surface area contributed by atoms with Crippen molar-refractivity contribution in [2.24, 2.45) is 0 Å². The molecule has 1 aliphatic heterocycles. The minimum Gasteiger partial charge on any atom is -0.461 e. The molecule has 2 rings (SSSR count). The molecule has 1 fully saturated rings. The van der Waals surface area contributed by atoms with E-state index in [4.69, 9.17) is 19.0 Å². The second kappa shape index (κ2) is 3.38. The molecule has 4 nitrogen and oxygen atoms in total. The maximum Gasteiger partial charge on any atom is 0.225 e. The van der Waals surface area contributed by atoms with Crippen LogP contribution in [0.3, 0.4) is 0 Å². The van der Waals surface area contributed by atoms with Gasteiger partial charge in [-0.1, -0.05) is 0 Å². The fourth-order valence-corrected chi connectivity index (χ4v) is 1.54. The van der Waals surface area contributed by atoms with Crippen molar-refractivity contribution < 1.29 is 19.0 Å². The molecule has 0 spiro atoms. The summed E-state index contributed by atoms with van der Waals surface area (Å²) >= 11 is 0. The number of hydrogen-bond donors (Lipinski definition) is 1. The third kappa shape index (κ3) is 1.56. The minimum atomic E-state index is -0.846. The van der Waals surface area contributed by atoms with Gasteiger partial charge in [0.25, 0.3) is 0 Å². The van der Waals surface area contributed by atoms with Gasteiger partial charge >= 0.3 is 0 Å². The highest BCUT2D eigenvalue weighted by Gasteiger charge is 2.41. The summed E-state index contributed by atoms with van der Waals surface area (Å²) < 4.78 is 16.4. The molecule has 2 heterocycles. The van der Waals surface area contributed by atoms with Crippen molar-refractivity contribution in [3.8, 4) is 0 Å². The van der Waals surface area contributed by atoms with Crippen LogP contribution < -0.4 is 0 Å². The van der Waals surface area contributed by atoms with Crippen molar-refractivity contribution in [2.45, 2.75) is 25.7 Å². The van der Waals surface area contributed by atoms with E-state index in [1.807, 2.05) is 19.1 Å².